The molecule has 2 N–H and O–H groups in total. The quantitative estimate of drug-likeness (QED) is 0.778. The number of aromatic amines is 1. The van der Waals surface area contributed by atoms with Gasteiger partial charge in [0.25, 0.3) is 5.91 Å². The van der Waals surface area contributed by atoms with Gasteiger partial charge in [-0.25, -0.2) is 4.98 Å². The molecule has 0 atom stereocenters. The summed E-state index contributed by atoms with van der Waals surface area (Å²) < 4.78 is 0. The molecule has 2 aromatic heterocycles. The Morgan fingerprint density at radius 3 is 2.90 bits per heavy atom. The van der Waals surface area contributed by atoms with Gasteiger partial charge in [0.1, 0.15) is 0 Å². The summed E-state index contributed by atoms with van der Waals surface area (Å²) in [6, 6.07) is 5.87. The molecule has 0 fully saturated rings. The molecule has 2 heterocycles. The number of aryl methyl sites for hydroxylation is 3. The number of thiazole rings is 1. The summed E-state index contributed by atoms with van der Waals surface area (Å²) in [6.45, 7) is 6.06. The van der Waals surface area contributed by atoms with Crippen molar-refractivity contribution in [1.82, 2.24) is 15.2 Å². The molecule has 1 amide bonds. The number of amides is 1. The van der Waals surface area contributed by atoms with Gasteiger partial charge in [0.2, 0.25) is 0 Å². The van der Waals surface area contributed by atoms with Crippen molar-refractivity contribution >= 4 is 33.3 Å². The summed E-state index contributed by atoms with van der Waals surface area (Å²) in [5.74, 6) is -0.233. The van der Waals surface area contributed by atoms with E-state index in [1.807, 2.05) is 32.0 Å². The first kappa shape index (κ1) is 13.8. The average Bonchev–Trinajstić information content (AvgIpc) is 3.01. The lowest BCUT2D eigenvalue weighted by Gasteiger charge is -1.99. The van der Waals surface area contributed by atoms with E-state index in [0.29, 0.717) is 10.8 Å². The van der Waals surface area contributed by atoms with Crippen molar-refractivity contribution in [3.8, 4) is 0 Å². The highest BCUT2D eigenvalue weighted by Gasteiger charge is 2.16. The molecule has 0 bridgehead atoms. The molecular formula is C15H16N4OS. The maximum atomic E-state index is 12.4. The van der Waals surface area contributed by atoms with Crippen LogP contribution < -0.4 is 5.32 Å². The molecular weight excluding hydrogens is 284 g/mol. The highest BCUT2D eigenvalue weighted by Crippen LogP contribution is 2.24. The van der Waals surface area contributed by atoms with Crippen LogP contribution in [0, 0.1) is 13.8 Å². The van der Waals surface area contributed by atoms with Crippen molar-refractivity contribution in [3.05, 3.63) is 40.0 Å². The van der Waals surface area contributed by atoms with Crippen LogP contribution in [0.4, 0.5) is 5.13 Å². The number of carbonyl (C=O) groups is 1. The van der Waals surface area contributed by atoms with Crippen molar-refractivity contribution in [1.29, 1.82) is 0 Å². The smallest absolute Gasteiger partial charge is 0.278 e. The Morgan fingerprint density at radius 2 is 2.19 bits per heavy atom. The Balaban J connectivity index is 1.91. The highest BCUT2D eigenvalue weighted by atomic mass is 32.1. The van der Waals surface area contributed by atoms with Crippen LogP contribution in [0.15, 0.2) is 18.2 Å². The predicted octanol–water partition coefficient (Wildman–Crippen LogP) is 3.45. The van der Waals surface area contributed by atoms with Crippen LogP contribution in [0.25, 0.3) is 10.9 Å². The minimum Gasteiger partial charge on any atom is -0.296 e. The maximum Gasteiger partial charge on any atom is 0.278 e. The summed E-state index contributed by atoms with van der Waals surface area (Å²) in [7, 11) is 0. The van der Waals surface area contributed by atoms with E-state index in [9.17, 15) is 4.79 Å². The van der Waals surface area contributed by atoms with E-state index in [-0.39, 0.29) is 5.91 Å². The van der Waals surface area contributed by atoms with Crippen molar-refractivity contribution in [3.63, 3.8) is 0 Å². The second-order valence-corrected chi connectivity index (χ2v) is 6.15. The van der Waals surface area contributed by atoms with Crippen LogP contribution in [0.1, 0.15) is 33.5 Å². The van der Waals surface area contributed by atoms with Gasteiger partial charge in [0, 0.05) is 10.3 Å². The fourth-order valence-corrected chi connectivity index (χ4v) is 3.16. The molecule has 21 heavy (non-hydrogen) atoms. The molecule has 3 aromatic rings. The normalized spacial score (nSPS) is 11.0. The van der Waals surface area contributed by atoms with Gasteiger partial charge in [-0.05, 0) is 32.4 Å². The zero-order valence-corrected chi connectivity index (χ0v) is 13.0. The number of anilines is 1. The average molecular weight is 300 g/mol. The monoisotopic (exact) mass is 300 g/mol. The van der Waals surface area contributed by atoms with Crippen molar-refractivity contribution < 1.29 is 4.79 Å². The minimum atomic E-state index is -0.233. The summed E-state index contributed by atoms with van der Waals surface area (Å²) in [5, 5.41) is 11.3. The first-order chi connectivity index (χ1) is 10.1. The van der Waals surface area contributed by atoms with Gasteiger partial charge in [-0.2, -0.15) is 5.10 Å². The lowest BCUT2D eigenvalue weighted by molar-refractivity contribution is 0.102. The second-order valence-electron chi connectivity index (χ2n) is 4.95. The van der Waals surface area contributed by atoms with Gasteiger partial charge in [-0.15, -0.1) is 11.3 Å². The number of fused-ring (bicyclic) bond motifs is 1. The van der Waals surface area contributed by atoms with Crippen LogP contribution in [0.5, 0.6) is 0 Å². The van der Waals surface area contributed by atoms with Gasteiger partial charge >= 0.3 is 0 Å². The Labute approximate surface area is 126 Å². The summed E-state index contributed by atoms with van der Waals surface area (Å²) in [6.07, 6.45) is 0.864. The molecule has 0 saturated heterocycles. The van der Waals surface area contributed by atoms with Crippen LogP contribution in [0.2, 0.25) is 0 Å². The summed E-state index contributed by atoms with van der Waals surface area (Å²) in [5.41, 5.74) is 3.38. The van der Waals surface area contributed by atoms with Crippen molar-refractivity contribution in [2.75, 3.05) is 5.32 Å². The van der Waals surface area contributed by atoms with Gasteiger partial charge in [-0.1, -0.05) is 18.6 Å². The van der Waals surface area contributed by atoms with Crippen LogP contribution in [-0.4, -0.2) is 21.1 Å². The van der Waals surface area contributed by atoms with Gasteiger partial charge in [0.15, 0.2) is 10.8 Å². The molecule has 5 nitrogen and oxygen atoms in total. The highest BCUT2D eigenvalue weighted by molar-refractivity contribution is 7.15. The third-order valence-electron chi connectivity index (χ3n) is 3.38. The third kappa shape index (κ3) is 2.54. The van der Waals surface area contributed by atoms with Gasteiger partial charge in [-0.3, -0.25) is 15.2 Å². The Morgan fingerprint density at radius 1 is 1.38 bits per heavy atom. The minimum absolute atomic E-state index is 0.233. The van der Waals surface area contributed by atoms with E-state index in [1.54, 1.807) is 0 Å². The van der Waals surface area contributed by atoms with E-state index in [1.165, 1.54) is 11.3 Å². The van der Waals surface area contributed by atoms with E-state index >= 15 is 0 Å². The van der Waals surface area contributed by atoms with Crippen molar-refractivity contribution in [2.24, 2.45) is 0 Å². The van der Waals surface area contributed by atoms with Crippen LogP contribution in [-0.2, 0) is 6.42 Å². The molecule has 0 aliphatic rings. The number of aromatic nitrogens is 3. The fraction of sp³-hybridized carbons (Fsp3) is 0.267. The fourth-order valence-electron chi connectivity index (χ4n) is 2.27. The number of benzene rings is 1. The first-order valence-electron chi connectivity index (χ1n) is 6.81. The lowest BCUT2D eigenvalue weighted by atomic mass is 10.1. The van der Waals surface area contributed by atoms with Gasteiger partial charge in [0.05, 0.1) is 11.2 Å². The molecule has 108 valence electrons. The van der Waals surface area contributed by atoms with Crippen LogP contribution in [0.3, 0.4) is 0 Å². The Kier molecular flexibility index (Phi) is 3.47. The molecule has 0 saturated carbocycles. The third-order valence-corrected chi connectivity index (χ3v) is 4.31. The maximum absolute atomic E-state index is 12.4. The largest absolute Gasteiger partial charge is 0.296 e. The number of rotatable bonds is 3. The lowest BCUT2D eigenvalue weighted by Crippen LogP contribution is -2.12. The molecule has 6 heteroatoms. The number of carbonyl (C=O) groups excluding carboxylic acids is 1. The number of hydrogen-bond acceptors (Lipinski definition) is 4. The summed E-state index contributed by atoms with van der Waals surface area (Å²) >= 11 is 1.49. The molecule has 1 aromatic carbocycles. The van der Waals surface area contributed by atoms with Crippen LogP contribution >= 0.6 is 11.3 Å². The van der Waals surface area contributed by atoms with Crippen molar-refractivity contribution in [2.45, 2.75) is 27.2 Å². The Bertz CT molecular complexity index is 818. The molecule has 3 rings (SSSR count). The SMILES string of the molecule is CCc1nc(NC(=O)c2n[nH]c3ccc(C)cc23)sc1C. The molecule has 0 spiro atoms. The zero-order valence-electron chi connectivity index (χ0n) is 12.2. The van der Waals surface area contributed by atoms with E-state index in [2.05, 4.69) is 27.4 Å². The topological polar surface area (TPSA) is 70.7 Å². The first-order valence-corrected chi connectivity index (χ1v) is 7.62. The number of H-pyrrole nitrogens is 1. The molecule has 0 aliphatic carbocycles. The number of nitrogens with one attached hydrogen (secondary N) is 2. The number of hydrogen-bond donors (Lipinski definition) is 2. The van der Waals surface area contributed by atoms with E-state index < -0.39 is 0 Å². The second kappa shape index (κ2) is 5.29. The molecule has 0 unspecified atom stereocenters. The predicted molar refractivity (Wildman–Crippen MR) is 85.0 cm³/mol. The number of nitrogens with zero attached hydrogens (tertiary/aromatic N) is 2. The molecule has 0 radical (unpaired) electrons. The molecule has 0 aliphatic heterocycles. The Hall–Kier alpha value is -2.21. The van der Waals surface area contributed by atoms with E-state index in [0.717, 1.165) is 33.5 Å². The van der Waals surface area contributed by atoms with Gasteiger partial charge < -0.3 is 0 Å². The van der Waals surface area contributed by atoms with E-state index in [4.69, 9.17) is 0 Å². The standard InChI is InChI=1S/C15H16N4OS/c1-4-11-9(3)21-15(16-11)17-14(20)13-10-7-8(2)5-6-12(10)18-19-13/h5-7H,4H2,1-3H3,(H,18,19)(H,16,17,20). The zero-order chi connectivity index (χ0) is 15.0. The summed E-state index contributed by atoms with van der Waals surface area (Å²) in [4.78, 5) is 17.9.